The summed E-state index contributed by atoms with van der Waals surface area (Å²) in [5, 5.41) is 0.718. The van der Waals surface area contributed by atoms with E-state index in [1.807, 2.05) is 54.9 Å². The van der Waals surface area contributed by atoms with Gasteiger partial charge >= 0.3 is 5.69 Å². The maximum Gasteiger partial charge on any atom is 0.330 e. The van der Waals surface area contributed by atoms with Gasteiger partial charge in [0.1, 0.15) is 5.82 Å². The number of hydrogen-bond acceptors (Lipinski definition) is 6. The van der Waals surface area contributed by atoms with Crippen molar-refractivity contribution in [3.63, 3.8) is 0 Å². The van der Waals surface area contributed by atoms with Gasteiger partial charge in [-0.1, -0.05) is 55.4 Å². The lowest BCUT2D eigenvalue weighted by atomic mass is 10.2. The zero-order valence-corrected chi connectivity index (χ0v) is 19.1. The van der Waals surface area contributed by atoms with E-state index in [4.69, 9.17) is 5.73 Å². The predicted octanol–water partition coefficient (Wildman–Crippen LogP) is 2.46. The van der Waals surface area contributed by atoms with Gasteiger partial charge in [0.25, 0.3) is 5.56 Å². The average molecular weight is 457 g/mol. The number of thioether (sulfide) groups is 1. The van der Waals surface area contributed by atoms with Crippen LogP contribution >= 0.6 is 11.8 Å². The molecule has 1 aromatic carbocycles. The Balaban J connectivity index is 1.98. The number of imidazole rings is 1. The third kappa shape index (κ3) is 5.31. The standard InChI is InChI=1S/C22H28N6O3S/c1-3-5-12-27-19(23)18(20(30)25-21(27)31)28(14-16-9-7-6-8-10-16)17(29)15-32-22-24-11-13-26(22)4-2/h6-11,13H,3-5,12,14-15,23H2,1-2H3,(H,25,30,31). The first-order chi connectivity index (χ1) is 15.5. The number of rotatable bonds is 10. The Bertz CT molecular complexity index is 1170. The van der Waals surface area contributed by atoms with Gasteiger partial charge in [0.2, 0.25) is 5.91 Å². The van der Waals surface area contributed by atoms with Gasteiger partial charge in [-0.15, -0.1) is 0 Å². The van der Waals surface area contributed by atoms with E-state index >= 15 is 0 Å². The molecule has 3 N–H and O–H groups in total. The first-order valence-electron chi connectivity index (χ1n) is 10.6. The number of amides is 1. The van der Waals surface area contributed by atoms with Crippen molar-refractivity contribution < 1.29 is 4.79 Å². The van der Waals surface area contributed by atoms with Crippen LogP contribution in [-0.4, -0.2) is 30.8 Å². The predicted molar refractivity (Wildman–Crippen MR) is 127 cm³/mol. The summed E-state index contributed by atoms with van der Waals surface area (Å²) in [6, 6.07) is 9.34. The Labute approximate surface area is 190 Å². The van der Waals surface area contributed by atoms with Crippen molar-refractivity contribution >= 4 is 29.2 Å². The Morgan fingerprint density at radius 1 is 1.22 bits per heavy atom. The number of H-pyrrole nitrogens is 1. The minimum atomic E-state index is -0.676. The van der Waals surface area contributed by atoms with Gasteiger partial charge in [0.05, 0.1) is 12.3 Å². The van der Waals surface area contributed by atoms with Crippen molar-refractivity contribution in [2.24, 2.45) is 0 Å². The monoisotopic (exact) mass is 456 g/mol. The molecule has 2 heterocycles. The molecule has 3 rings (SSSR count). The number of anilines is 2. The van der Waals surface area contributed by atoms with Crippen molar-refractivity contribution in [3.05, 3.63) is 69.1 Å². The molecule has 0 atom stereocenters. The van der Waals surface area contributed by atoms with E-state index in [0.717, 1.165) is 30.1 Å². The number of carbonyl (C=O) groups excluding carboxylic acids is 1. The molecule has 0 radical (unpaired) electrons. The van der Waals surface area contributed by atoms with E-state index in [-0.39, 0.29) is 29.7 Å². The minimum Gasteiger partial charge on any atom is -0.383 e. The van der Waals surface area contributed by atoms with Gasteiger partial charge in [-0.25, -0.2) is 9.78 Å². The van der Waals surface area contributed by atoms with Gasteiger partial charge in [0.15, 0.2) is 10.8 Å². The molecule has 1 amide bonds. The Hall–Kier alpha value is -3.27. The molecule has 170 valence electrons. The second-order valence-corrected chi connectivity index (χ2v) is 8.19. The molecule has 0 unspecified atom stereocenters. The molecule has 10 heteroatoms. The second kappa shape index (κ2) is 10.9. The zero-order valence-electron chi connectivity index (χ0n) is 18.3. The van der Waals surface area contributed by atoms with Gasteiger partial charge in [0, 0.05) is 25.5 Å². The summed E-state index contributed by atoms with van der Waals surface area (Å²) in [4.78, 5) is 46.4. The summed E-state index contributed by atoms with van der Waals surface area (Å²) < 4.78 is 3.26. The summed E-state index contributed by atoms with van der Waals surface area (Å²) in [6.07, 6.45) is 5.11. The highest BCUT2D eigenvalue weighted by molar-refractivity contribution is 7.99. The fourth-order valence-electron chi connectivity index (χ4n) is 3.31. The lowest BCUT2D eigenvalue weighted by Crippen LogP contribution is -2.41. The van der Waals surface area contributed by atoms with E-state index in [0.29, 0.717) is 6.54 Å². The van der Waals surface area contributed by atoms with Crippen LogP contribution in [0.5, 0.6) is 0 Å². The molecule has 0 spiro atoms. The summed E-state index contributed by atoms with van der Waals surface area (Å²) >= 11 is 1.29. The van der Waals surface area contributed by atoms with Crippen LogP contribution < -0.4 is 21.9 Å². The van der Waals surface area contributed by atoms with Crippen molar-refractivity contribution in [1.29, 1.82) is 0 Å². The number of nitrogens with zero attached hydrogens (tertiary/aromatic N) is 4. The molecule has 2 aromatic heterocycles. The molecule has 0 saturated carbocycles. The second-order valence-electron chi connectivity index (χ2n) is 7.25. The third-order valence-electron chi connectivity index (χ3n) is 5.05. The Morgan fingerprint density at radius 2 is 1.97 bits per heavy atom. The highest BCUT2D eigenvalue weighted by Gasteiger charge is 2.25. The Kier molecular flexibility index (Phi) is 7.93. The molecule has 0 aliphatic rings. The van der Waals surface area contributed by atoms with Gasteiger partial charge in [-0.2, -0.15) is 0 Å². The van der Waals surface area contributed by atoms with Crippen LogP contribution in [0.3, 0.4) is 0 Å². The lowest BCUT2D eigenvalue weighted by molar-refractivity contribution is -0.116. The van der Waals surface area contributed by atoms with E-state index in [1.54, 1.807) is 6.20 Å². The molecule has 0 aliphatic carbocycles. The SMILES string of the molecule is CCCCn1c(N)c(N(Cc2ccccc2)C(=O)CSc2nccn2CC)c(=O)[nH]c1=O. The number of unbranched alkanes of at least 4 members (excludes halogenated alkanes) is 1. The number of nitrogens with two attached hydrogens (primary N) is 1. The number of aromatic nitrogens is 4. The van der Waals surface area contributed by atoms with E-state index < -0.39 is 11.2 Å². The lowest BCUT2D eigenvalue weighted by Gasteiger charge is -2.24. The summed E-state index contributed by atoms with van der Waals surface area (Å²) in [5.41, 5.74) is 5.86. The van der Waals surface area contributed by atoms with E-state index in [2.05, 4.69) is 9.97 Å². The van der Waals surface area contributed by atoms with Crippen LogP contribution in [0.4, 0.5) is 11.5 Å². The Morgan fingerprint density at radius 3 is 2.66 bits per heavy atom. The fourth-order valence-corrected chi connectivity index (χ4v) is 4.21. The van der Waals surface area contributed by atoms with Crippen LogP contribution in [0, 0.1) is 0 Å². The van der Waals surface area contributed by atoms with Gasteiger partial charge in [-0.3, -0.25) is 24.0 Å². The normalized spacial score (nSPS) is 10.9. The molecular weight excluding hydrogens is 428 g/mol. The van der Waals surface area contributed by atoms with Crippen molar-refractivity contribution in [2.45, 2.75) is 51.5 Å². The molecule has 3 aromatic rings. The number of carbonyl (C=O) groups is 1. The van der Waals surface area contributed by atoms with Crippen molar-refractivity contribution in [1.82, 2.24) is 19.1 Å². The van der Waals surface area contributed by atoms with Crippen molar-refractivity contribution in [3.8, 4) is 0 Å². The maximum absolute atomic E-state index is 13.3. The molecular formula is C22H28N6O3S. The van der Waals surface area contributed by atoms with Gasteiger partial charge < -0.3 is 10.3 Å². The largest absolute Gasteiger partial charge is 0.383 e. The molecule has 0 bridgehead atoms. The number of benzene rings is 1. The third-order valence-corrected chi connectivity index (χ3v) is 6.04. The van der Waals surface area contributed by atoms with Crippen LogP contribution in [0.15, 0.2) is 57.5 Å². The molecule has 0 fully saturated rings. The zero-order chi connectivity index (χ0) is 23.1. The fraction of sp³-hybridized carbons (Fsp3) is 0.364. The number of nitrogens with one attached hydrogen (secondary N) is 1. The summed E-state index contributed by atoms with van der Waals surface area (Å²) in [7, 11) is 0. The first-order valence-corrected chi connectivity index (χ1v) is 11.6. The van der Waals surface area contributed by atoms with E-state index in [1.165, 1.54) is 21.2 Å². The average Bonchev–Trinajstić information content (AvgIpc) is 3.25. The maximum atomic E-state index is 13.3. The molecule has 9 nitrogen and oxygen atoms in total. The summed E-state index contributed by atoms with van der Waals surface area (Å²) in [6.45, 7) is 5.24. The number of aryl methyl sites for hydroxylation is 1. The molecule has 0 saturated heterocycles. The number of hydrogen-bond donors (Lipinski definition) is 2. The van der Waals surface area contributed by atoms with Crippen LogP contribution in [-0.2, 0) is 24.4 Å². The molecule has 0 aliphatic heterocycles. The highest BCUT2D eigenvalue weighted by atomic mass is 32.2. The summed E-state index contributed by atoms with van der Waals surface area (Å²) in [5.74, 6) is -0.240. The number of nitrogen functional groups attached to an aromatic ring is 1. The smallest absolute Gasteiger partial charge is 0.330 e. The van der Waals surface area contributed by atoms with Crippen LogP contribution in [0.25, 0.3) is 0 Å². The van der Waals surface area contributed by atoms with E-state index in [9.17, 15) is 14.4 Å². The van der Waals surface area contributed by atoms with Crippen molar-refractivity contribution in [2.75, 3.05) is 16.4 Å². The topological polar surface area (TPSA) is 119 Å². The van der Waals surface area contributed by atoms with Crippen LogP contribution in [0.1, 0.15) is 32.3 Å². The minimum absolute atomic E-state index is 0.00320. The quantitative estimate of drug-likeness (QED) is 0.452. The highest BCUT2D eigenvalue weighted by Crippen LogP contribution is 2.23. The van der Waals surface area contributed by atoms with Crippen LogP contribution in [0.2, 0.25) is 0 Å². The first kappa shape index (κ1) is 23.4. The van der Waals surface area contributed by atoms with Gasteiger partial charge in [-0.05, 0) is 18.9 Å². The number of aromatic amines is 1. The molecule has 32 heavy (non-hydrogen) atoms.